The van der Waals surface area contributed by atoms with Gasteiger partial charge in [0.15, 0.2) is 0 Å². The number of esters is 1. The largest absolute Gasteiger partial charge is 0.494 e. The van der Waals surface area contributed by atoms with Gasteiger partial charge in [0.2, 0.25) is 0 Å². The van der Waals surface area contributed by atoms with Crippen molar-refractivity contribution in [2.75, 3.05) is 6.61 Å². The summed E-state index contributed by atoms with van der Waals surface area (Å²) in [5.74, 6) is 0.373. The third-order valence-corrected chi connectivity index (χ3v) is 4.88. The monoisotopic (exact) mass is 444 g/mol. The standard InChI is InChI=1S/C27H28N2O4/c1-5-32-23-16-10-21(11-17-23)26(31)33-24-14-6-19(7-15-24)18-28-29-25(30)20-8-12-22(13-9-20)27(2,3)4/h6-18H,5H2,1-4H3,(H,29,30)/b28-18-. The van der Waals surface area contributed by atoms with Gasteiger partial charge in [0.25, 0.3) is 5.91 Å². The van der Waals surface area contributed by atoms with E-state index in [1.165, 1.54) is 6.21 Å². The number of carbonyl (C=O) groups excluding carboxylic acids is 2. The SMILES string of the molecule is CCOc1ccc(C(=O)Oc2ccc(/C=N\NC(=O)c3ccc(C(C)(C)C)cc3)cc2)cc1. The van der Waals surface area contributed by atoms with Gasteiger partial charge in [0, 0.05) is 5.56 Å². The number of hydrogen-bond donors (Lipinski definition) is 1. The number of carbonyl (C=O) groups is 2. The molecule has 0 saturated heterocycles. The molecule has 0 aromatic heterocycles. The summed E-state index contributed by atoms with van der Waals surface area (Å²) in [7, 11) is 0. The maximum atomic E-state index is 12.3. The lowest BCUT2D eigenvalue weighted by Crippen LogP contribution is -2.18. The lowest BCUT2D eigenvalue weighted by molar-refractivity contribution is 0.0734. The van der Waals surface area contributed by atoms with E-state index in [0.29, 0.717) is 29.2 Å². The van der Waals surface area contributed by atoms with Crippen molar-refractivity contribution in [3.8, 4) is 11.5 Å². The number of benzene rings is 3. The topological polar surface area (TPSA) is 77.0 Å². The number of nitrogens with zero attached hydrogens (tertiary/aromatic N) is 1. The van der Waals surface area contributed by atoms with Gasteiger partial charge in [-0.05, 0) is 84.1 Å². The molecule has 0 heterocycles. The highest BCUT2D eigenvalue weighted by Crippen LogP contribution is 2.22. The van der Waals surface area contributed by atoms with Crippen LogP contribution < -0.4 is 14.9 Å². The number of rotatable bonds is 7. The second kappa shape index (κ2) is 10.6. The molecule has 1 N–H and O–H groups in total. The fourth-order valence-electron chi connectivity index (χ4n) is 2.99. The van der Waals surface area contributed by atoms with Crippen LogP contribution in [0, 0.1) is 0 Å². The third kappa shape index (κ3) is 6.77. The average Bonchev–Trinajstić information content (AvgIpc) is 2.80. The molecule has 33 heavy (non-hydrogen) atoms. The lowest BCUT2D eigenvalue weighted by atomic mass is 9.87. The van der Waals surface area contributed by atoms with Crippen LogP contribution in [0.2, 0.25) is 0 Å². The minimum absolute atomic E-state index is 0.0296. The number of nitrogens with one attached hydrogen (secondary N) is 1. The van der Waals surface area contributed by atoms with E-state index >= 15 is 0 Å². The molecule has 3 aromatic carbocycles. The molecule has 3 aromatic rings. The van der Waals surface area contributed by atoms with E-state index < -0.39 is 5.97 Å². The molecule has 6 heteroatoms. The van der Waals surface area contributed by atoms with Crippen molar-refractivity contribution >= 4 is 18.1 Å². The first kappa shape index (κ1) is 23.7. The fraction of sp³-hybridized carbons (Fsp3) is 0.222. The Bertz CT molecular complexity index is 1110. The van der Waals surface area contributed by atoms with Gasteiger partial charge in [-0.25, -0.2) is 10.2 Å². The van der Waals surface area contributed by atoms with Crippen molar-refractivity contribution in [3.05, 3.63) is 95.1 Å². The summed E-state index contributed by atoms with van der Waals surface area (Å²) < 4.78 is 10.8. The highest BCUT2D eigenvalue weighted by atomic mass is 16.5. The molecule has 3 rings (SSSR count). The van der Waals surface area contributed by atoms with Crippen molar-refractivity contribution in [2.24, 2.45) is 5.10 Å². The number of ether oxygens (including phenoxy) is 2. The first-order valence-electron chi connectivity index (χ1n) is 10.8. The van der Waals surface area contributed by atoms with Crippen LogP contribution in [0.4, 0.5) is 0 Å². The van der Waals surface area contributed by atoms with E-state index in [9.17, 15) is 9.59 Å². The van der Waals surface area contributed by atoms with Crippen LogP contribution in [0.25, 0.3) is 0 Å². The van der Waals surface area contributed by atoms with Crippen molar-refractivity contribution in [3.63, 3.8) is 0 Å². The Morgan fingerprint density at radius 1 is 0.848 bits per heavy atom. The number of hydrazone groups is 1. The zero-order chi connectivity index (χ0) is 23.8. The van der Waals surface area contributed by atoms with Gasteiger partial charge < -0.3 is 9.47 Å². The normalized spacial score (nSPS) is 11.3. The van der Waals surface area contributed by atoms with E-state index in [1.54, 1.807) is 60.7 Å². The minimum Gasteiger partial charge on any atom is -0.494 e. The molecule has 0 aliphatic heterocycles. The molecule has 0 aliphatic rings. The Kier molecular flexibility index (Phi) is 7.61. The molecule has 1 amide bonds. The van der Waals surface area contributed by atoms with Gasteiger partial charge in [-0.2, -0.15) is 5.10 Å². The van der Waals surface area contributed by atoms with Crippen molar-refractivity contribution in [1.82, 2.24) is 5.43 Å². The van der Waals surface area contributed by atoms with E-state index in [0.717, 1.165) is 11.1 Å². The zero-order valence-electron chi connectivity index (χ0n) is 19.3. The van der Waals surface area contributed by atoms with E-state index in [2.05, 4.69) is 31.3 Å². The van der Waals surface area contributed by atoms with Crippen LogP contribution in [-0.2, 0) is 5.41 Å². The Morgan fingerprint density at radius 3 is 2.00 bits per heavy atom. The molecule has 0 aliphatic carbocycles. The van der Waals surface area contributed by atoms with E-state index in [-0.39, 0.29) is 11.3 Å². The van der Waals surface area contributed by atoms with Crippen molar-refractivity contribution in [2.45, 2.75) is 33.1 Å². The van der Waals surface area contributed by atoms with Crippen LogP contribution in [0.3, 0.4) is 0 Å². The third-order valence-electron chi connectivity index (χ3n) is 4.88. The molecule has 0 unspecified atom stereocenters. The molecular formula is C27H28N2O4. The molecule has 0 fully saturated rings. The fourth-order valence-corrected chi connectivity index (χ4v) is 2.99. The van der Waals surface area contributed by atoms with Gasteiger partial charge in [0.05, 0.1) is 18.4 Å². The number of hydrogen-bond acceptors (Lipinski definition) is 5. The molecule has 170 valence electrons. The predicted octanol–water partition coefficient (Wildman–Crippen LogP) is 5.37. The van der Waals surface area contributed by atoms with Gasteiger partial charge >= 0.3 is 5.97 Å². The molecular weight excluding hydrogens is 416 g/mol. The predicted molar refractivity (Wildman–Crippen MR) is 129 cm³/mol. The van der Waals surface area contributed by atoms with Crippen LogP contribution in [0.5, 0.6) is 11.5 Å². The summed E-state index contributed by atoms with van der Waals surface area (Å²) in [5.41, 5.74) is 5.43. The maximum absolute atomic E-state index is 12.3. The Hall–Kier alpha value is -3.93. The highest BCUT2D eigenvalue weighted by Gasteiger charge is 2.14. The molecule has 6 nitrogen and oxygen atoms in total. The van der Waals surface area contributed by atoms with Gasteiger partial charge in [-0.15, -0.1) is 0 Å². The van der Waals surface area contributed by atoms with Crippen LogP contribution in [-0.4, -0.2) is 24.7 Å². The summed E-state index contributed by atoms with van der Waals surface area (Å²) in [6, 6.07) is 21.1. The summed E-state index contributed by atoms with van der Waals surface area (Å²) in [6.07, 6.45) is 1.53. The lowest BCUT2D eigenvalue weighted by Gasteiger charge is -2.18. The molecule has 0 saturated carbocycles. The van der Waals surface area contributed by atoms with Gasteiger partial charge in [0.1, 0.15) is 11.5 Å². The first-order chi connectivity index (χ1) is 15.8. The molecule has 0 spiro atoms. The van der Waals surface area contributed by atoms with Gasteiger partial charge in [-0.3, -0.25) is 4.79 Å². The molecule has 0 radical (unpaired) electrons. The second-order valence-corrected chi connectivity index (χ2v) is 8.44. The maximum Gasteiger partial charge on any atom is 0.343 e. The molecule has 0 bridgehead atoms. The van der Waals surface area contributed by atoms with Crippen molar-refractivity contribution in [1.29, 1.82) is 0 Å². The summed E-state index contributed by atoms with van der Waals surface area (Å²) in [5, 5.41) is 4.01. The summed E-state index contributed by atoms with van der Waals surface area (Å²) in [6.45, 7) is 8.83. The van der Waals surface area contributed by atoms with Crippen LogP contribution in [0.15, 0.2) is 77.9 Å². The number of amides is 1. The average molecular weight is 445 g/mol. The van der Waals surface area contributed by atoms with Crippen molar-refractivity contribution < 1.29 is 19.1 Å². The van der Waals surface area contributed by atoms with E-state index in [1.807, 2.05) is 19.1 Å². The Labute approximate surface area is 194 Å². The minimum atomic E-state index is -0.454. The highest BCUT2D eigenvalue weighted by molar-refractivity contribution is 5.95. The van der Waals surface area contributed by atoms with Crippen LogP contribution in [0.1, 0.15) is 59.5 Å². The van der Waals surface area contributed by atoms with Gasteiger partial charge in [-0.1, -0.05) is 32.9 Å². The smallest absolute Gasteiger partial charge is 0.343 e. The quantitative estimate of drug-likeness (QED) is 0.230. The second-order valence-electron chi connectivity index (χ2n) is 8.44. The first-order valence-corrected chi connectivity index (χ1v) is 10.8. The van der Waals surface area contributed by atoms with Crippen LogP contribution >= 0.6 is 0 Å². The summed E-state index contributed by atoms with van der Waals surface area (Å²) >= 11 is 0. The van der Waals surface area contributed by atoms with E-state index in [4.69, 9.17) is 9.47 Å². The Balaban J connectivity index is 1.53. The summed E-state index contributed by atoms with van der Waals surface area (Å²) in [4.78, 5) is 24.6. The molecule has 0 atom stereocenters. The Morgan fingerprint density at radius 2 is 1.42 bits per heavy atom. The zero-order valence-corrected chi connectivity index (χ0v) is 19.3.